The molecule has 2 heterocycles. The Labute approximate surface area is 124 Å². The van der Waals surface area contributed by atoms with E-state index in [0.29, 0.717) is 21.5 Å². The third-order valence-corrected chi connectivity index (χ3v) is 3.82. The zero-order chi connectivity index (χ0) is 13.6. The van der Waals surface area contributed by atoms with Crippen LogP contribution in [0.4, 0.5) is 0 Å². The first-order valence-corrected chi connectivity index (χ1v) is 6.71. The number of hydrogen-bond acceptors (Lipinski definition) is 2. The summed E-state index contributed by atoms with van der Waals surface area (Å²) in [6, 6.07) is 9.38. The highest BCUT2D eigenvalue weighted by Crippen LogP contribution is 2.35. The predicted molar refractivity (Wildman–Crippen MR) is 79.2 cm³/mol. The van der Waals surface area contributed by atoms with E-state index in [2.05, 4.69) is 4.98 Å². The number of aryl methyl sites for hydroxylation is 1. The van der Waals surface area contributed by atoms with Crippen LogP contribution in [-0.2, 0) is 0 Å². The fourth-order valence-electron chi connectivity index (χ4n) is 1.94. The number of rotatable bonds is 1. The number of aromatic nitrogens is 1. The molecule has 5 heteroatoms. The summed E-state index contributed by atoms with van der Waals surface area (Å²) in [5.41, 5.74) is 2.37. The van der Waals surface area contributed by atoms with Gasteiger partial charge in [-0.25, -0.2) is 4.98 Å². The largest absolute Gasteiger partial charge is 0.454 e. The zero-order valence-corrected chi connectivity index (χ0v) is 12.1. The van der Waals surface area contributed by atoms with E-state index in [1.54, 1.807) is 6.07 Å². The van der Waals surface area contributed by atoms with Crippen molar-refractivity contribution in [3.05, 3.63) is 51.1 Å². The molecule has 0 aliphatic rings. The first-order valence-electron chi connectivity index (χ1n) is 5.57. The minimum Gasteiger partial charge on any atom is -0.454 e. The average molecular weight is 313 g/mol. The van der Waals surface area contributed by atoms with E-state index in [9.17, 15) is 0 Å². The van der Waals surface area contributed by atoms with Crippen LogP contribution in [0, 0.1) is 6.92 Å². The Morgan fingerprint density at radius 1 is 1.05 bits per heavy atom. The van der Waals surface area contributed by atoms with Gasteiger partial charge in [-0.3, -0.25) is 0 Å². The Morgan fingerprint density at radius 3 is 2.58 bits per heavy atom. The summed E-state index contributed by atoms with van der Waals surface area (Å²) in [7, 11) is 0. The maximum atomic E-state index is 6.14. The van der Waals surface area contributed by atoms with Crippen molar-refractivity contribution in [2.75, 3.05) is 0 Å². The lowest BCUT2D eigenvalue weighted by atomic mass is 10.2. The number of hydrogen-bond donors (Lipinski definition) is 0. The number of benzene rings is 1. The highest BCUT2D eigenvalue weighted by Gasteiger charge is 2.14. The summed E-state index contributed by atoms with van der Waals surface area (Å²) < 4.78 is 5.81. The molecule has 3 aromatic rings. The van der Waals surface area contributed by atoms with Crippen LogP contribution < -0.4 is 0 Å². The van der Waals surface area contributed by atoms with Crippen LogP contribution in [0.1, 0.15) is 5.56 Å². The van der Waals surface area contributed by atoms with E-state index < -0.39 is 0 Å². The molecule has 0 spiro atoms. The molecule has 0 unspecified atom stereocenters. The summed E-state index contributed by atoms with van der Waals surface area (Å²) in [4.78, 5) is 4.18. The summed E-state index contributed by atoms with van der Waals surface area (Å²) in [5, 5.41) is 1.94. The monoisotopic (exact) mass is 311 g/mol. The van der Waals surface area contributed by atoms with Crippen LogP contribution in [0.15, 0.2) is 34.7 Å². The van der Waals surface area contributed by atoms with Crippen molar-refractivity contribution in [2.24, 2.45) is 0 Å². The van der Waals surface area contributed by atoms with Crippen LogP contribution in [0.5, 0.6) is 0 Å². The first-order chi connectivity index (χ1) is 9.06. The Balaban J connectivity index is 2.25. The average Bonchev–Trinajstić information content (AvgIpc) is 2.79. The molecular weight excluding hydrogens is 305 g/mol. The van der Waals surface area contributed by atoms with Crippen molar-refractivity contribution in [2.45, 2.75) is 6.92 Å². The lowest BCUT2D eigenvalue weighted by molar-refractivity contribution is 0.626. The fraction of sp³-hybridized carbons (Fsp3) is 0.0714. The third kappa shape index (κ3) is 2.20. The molecule has 0 amide bonds. The molecule has 0 radical (unpaired) electrons. The Morgan fingerprint density at radius 2 is 1.84 bits per heavy atom. The molecule has 0 aliphatic carbocycles. The topological polar surface area (TPSA) is 26.0 Å². The number of pyridine rings is 1. The molecule has 19 heavy (non-hydrogen) atoms. The molecule has 0 fully saturated rings. The molecule has 3 rings (SSSR count). The quantitative estimate of drug-likeness (QED) is 0.534. The molecule has 0 atom stereocenters. The van der Waals surface area contributed by atoms with Crippen molar-refractivity contribution >= 4 is 45.8 Å². The van der Waals surface area contributed by atoms with Crippen molar-refractivity contribution in [3.8, 4) is 11.5 Å². The third-order valence-electron chi connectivity index (χ3n) is 2.86. The van der Waals surface area contributed by atoms with Crippen LogP contribution in [0.3, 0.4) is 0 Å². The maximum Gasteiger partial charge on any atom is 0.155 e. The SMILES string of the molecule is Cc1cccc2cc(-c3nc(Cl)c(Cl)cc3Cl)oc12. The van der Waals surface area contributed by atoms with Crippen LogP contribution in [0.25, 0.3) is 22.4 Å². The Kier molecular flexibility index (Phi) is 3.17. The number of nitrogens with zero attached hydrogens (tertiary/aromatic N) is 1. The molecule has 0 bridgehead atoms. The Bertz CT molecular complexity index is 780. The van der Waals surface area contributed by atoms with E-state index >= 15 is 0 Å². The van der Waals surface area contributed by atoms with Crippen molar-refractivity contribution in [3.63, 3.8) is 0 Å². The van der Waals surface area contributed by atoms with Gasteiger partial charge in [-0.1, -0.05) is 53.0 Å². The van der Waals surface area contributed by atoms with Crippen LogP contribution in [-0.4, -0.2) is 4.98 Å². The summed E-state index contributed by atoms with van der Waals surface area (Å²) in [6.45, 7) is 1.99. The van der Waals surface area contributed by atoms with Crippen molar-refractivity contribution < 1.29 is 4.42 Å². The molecular formula is C14H8Cl3NO. The lowest BCUT2D eigenvalue weighted by Crippen LogP contribution is -1.85. The van der Waals surface area contributed by atoms with Crippen molar-refractivity contribution in [1.29, 1.82) is 0 Å². The highest BCUT2D eigenvalue weighted by molar-refractivity contribution is 6.42. The standard InChI is InChI=1S/C14H8Cl3NO/c1-7-3-2-4-8-5-11(19-13(7)8)12-9(15)6-10(16)14(17)18-12/h2-6H,1H3. The van der Waals surface area contributed by atoms with Gasteiger partial charge in [0.15, 0.2) is 5.76 Å². The minimum absolute atomic E-state index is 0.207. The second-order valence-corrected chi connectivity index (χ2v) is 5.37. The fourth-order valence-corrected chi connectivity index (χ4v) is 2.53. The molecule has 1 aromatic carbocycles. The lowest BCUT2D eigenvalue weighted by Gasteiger charge is -2.02. The van der Waals surface area contributed by atoms with Gasteiger partial charge >= 0.3 is 0 Å². The minimum atomic E-state index is 0.207. The van der Waals surface area contributed by atoms with E-state index in [-0.39, 0.29) is 5.15 Å². The van der Waals surface area contributed by atoms with E-state index in [4.69, 9.17) is 39.2 Å². The van der Waals surface area contributed by atoms with Gasteiger partial charge in [-0.15, -0.1) is 0 Å². The molecule has 96 valence electrons. The number of halogens is 3. The summed E-state index contributed by atoms with van der Waals surface area (Å²) in [5.74, 6) is 0.577. The van der Waals surface area contributed by atoms with Crippen LogP contribution >= 0.6 is 34.8 Å². The number of para-hydroxylation sites is 1. The van der Waals surface area contributed by atoms with Gasteiger partial charge in [0.2, 0.25) is 0 Å². The van der Waals surface area contributed by atoms with Gasteiger partial charge in [-0.2, -0.15) is 0 Å². The predicted octanol–water partition coefficient (Wildman–Crippen LogP) is 5.76. The van der Waals surface area contributed by atoms with Gasteiger partial charge in [0.1, 0.15) is 16.4 Å². The number of fused-ring (bicyclic) bond motifs is 1. The molecule has 0 N–H and O–H groups in total. The molecule has 2 aromatic heterocycles. The van der Waals surface area contributed by atoms with E-state index in [1.807, 2.05) is 31.2 Å². The van der Waals surface area contributed by atoms with Gasteiger partial charge in [0.05, 0.1) is 10.0 Å². The van der Waals surface area contributed by atoms with Gasteiger partial charge < -0.3 is 4.42 Å². The second-order valence-electron chi connectivity index (χ2n) is 4.20. The summed E-state index contributed by atoms with van der Waals surface area (Å²) in [6.07, 6.45) is 0. The molecule has 2 nitrogen and oxygen atoms in total. The van der Waals surface area contributed by atoms with Crippen LogP contribution in [0.2, 0.25) is 15.2 Å². The van der Waals surface area contributed by atoms with E-state index in [0.717, 1.165) is 16.5 Å². The Hall–Kier alpha value is -1.22. The zero-order valence-electron chi connectivity index (χ0n) is 9.88. The van der Waals surface area contributed by atoms with Gasteiger partial charge in [0.25, 0.3) is 0 Å². The highest BCUT2D eigenvalue weighted by atomic mass is 35.5. The first kappa shape index (κ1) is 12.8. The maximum absolute atomic E-state index is 6.14. The van der Waals surface area contributed by atoms with Gasteiger partial charge in [-0.05, 0) is 24.6 Å². The second kappa shape index (κ2) is 4.71. The normalized spacial score (nSPS) is 11.2. The molecule has 0 aliphatic heterocycles. The summed E-state index contributed by atoms with van der Waals surface area (Å²) >= 11 is 17.9. The smallest absolute Gasteiger partial charge is 0.155 e. The molecule has 0 saturated heterocycles. The van der Waals surface area contributed by atoms with E-state index in [1.165, 1.54) is 0 Å². The van der Waals surface area contributed by atoms with Crippen molar-refractivity contribution in [1.82, 2.24) is 4.98 Å². The molecule has 0 saturated carbocycles. The van der Waals surface area contributed by atoms with Gasteiger partial charge in [0, 0.05) is 5.39 Å². The number of furan rings is 1.